The summed E-state index contributed by atoms with van der Waals surface area (Å²) in [4.78, 5) is 2.22. The molecule has 0 saturated heterocycles. The van der Waals surface area contributed by atoms with Crippen molar-refractivity contribution >= 4 is 0 Å². The molecule has 1 heterocycles. The molecule has 1 aromatic heterocycles. The lowest BCUT2D eigenvalue weighted by atomic mass is 9.70. The second kappa shape index (κ2) is 10.2. The predicted molar refractivity (Wildman–Crippen MR) is 119 cm³/mol. The van der Waals surface area contributed by atoms with Gasteiger partial charge in [-0.1, -0.05) is 43.7 Å². The fraction of sp³-hybridized carbons (Fsp3) is 0.583. The van der Waals surface area contributed by atoms with Crippen molar-refractivity contribution in [1.29, 1.82) is 0 Å². The standard InChI is InChI=1S/C24H36N4O/c1-17(2)22-14-20(18(3)13-21(22)16-25-11-12-28(4)5)15-23-26-27-24(29-23)19-9-7-6-8-10-19/h6-10,13,17,20-22,25H,11-12,14-16H2,1-5H3/t20-,21-,22-/m0/s1. The fourth-order valence-electron chi connectivity index (χ4n) is 4.32. The molecule has 158 valence electrons. The number of aromatic nitrogens is 2. The summed E-state index contributed by atoms with van der Waals surface area (Å²) in [6, 6.07) is 9.99. The van der Waals surface area contributed by atoms with E-state index in [1.54, 1.807) is 0 Å². The van der Waals surface area contributed by atoms with Gasteiger partial charge in [0.25, 0.3) is 0 Å². The van der Waals surface area contributed by atoms with Crippen LogP contribution in [0.1, 0.15) is 33.1 Å². The van der Waals surface area contributed by atoms with Crippen LogP contribution in [0.2, 0.25) is 0 Å². The molecule has 0 unspecified atom stereocenters. The molecule has 5 heteroatoms. The van der Waals surface area contributed by atoms with E-state index in [0.717, 1.165) is 37.5 Å². The van der Waals surface area contributed by atoms with Gasteiger partial charge < -0.3 is 14.6 Å². The third-order valence-electron chi connectivity index (χ3n) is 6.11. The van der Waals surface area contributed by atoms with Gasteiger partial charge in [0.15, 0.2) is 0 Å². The quantitative estimate of drug-likeness (QED) is 0.506. The van der Waals surface area contributed by atoms with Crippen molar-refractivity contribution in [3.05, 3.63) is 47.9 Å². The Morgan fingerprint density at radius 1 is 1.17 bits per heavy atom. The van der Waals surface area contributed by atoms with Gasteiger partial charge in [-0.05, 0) is 63.2 Å². The monoisotopic (exact) mass is 396 g/mol. The van der Waals surface area contributed by atoms with Crippen LogP contribution in [0, 0.1) is 23.7 Å². The lowest BCUT2D eigenvalue weighted by molar-refractivity contribution is 0.217. The normalized spacial score (nSPS) is 22.3. The van der Waals surface area contributed by atoms with Crippen molar-refractivity contribution in [3.8, 4) is 11.5 Å². The molecular formula is C24H36N4O. The Morgan fingerprint density at radius 3 is 2.62 bits per heavy atom. The Labute approximate surface area is 175 Å². The first kappa shape index (κ1) is 21.7. The summed E-state index contributed by atoms with van der Waals surface area (Å²) in [5.74, 6) is 3.76. The van der Waals surface area contributed by atoms with E-state index in [-0.39, 0.29) is 0 Å². The predicted octanol–water partition coefficient (Wildman–Crippen LogP) is 4.28. The molecule has 0 aliphatic heterocycles. The molecule has 0 fully saturated rings. The van der Waals surface area contributed by atoms with Crippen LogP contribution < -0.4 is 5.32 Å². The van der Waals surface area contributed by atoms with E-state index >= 15 is 0 Å². The zero-order valence-electron chi connectivity index (χ0n) is 18.6. The van der Waals surface area contributed by atoms with E-state index in [2.05, 4.69) is 61.4 Å². The minimum absolute atomic E-state index is 0.476. The van der Waals surface area contributed by atoms with Crippen molar-refractivity contribution in [2.75, 3.05) is 33.7 Å². The van der Waals surface area contributed by atoms with E-state index in [4.69, 9.17) is 4.42 Å². The van der Waals surface area contributed by atoms with E-state index in [0.29, 0.717) is 29.6 Å². The largest absolute Gasteiger partial charge is 0.421 e. The number of hydrogen-bond acceptors (Lipinski definition) is 5. The Morgan fingerprint density at radius 2 is 1.93 bits per heavy atom. The Balaban J connectivity index is 1.64. The lowest BCUT2D eigenvalue weighted by Crippen LogP contribution is -2.37. The Kier molecular flexibility index (Phi) is 7.62. The van der Waals surface area contributed by atoms with Crippen LogP contribution in [0.25, 0.3) is 11.5 Å². The van der Waals surface area contributed by atoms with Gasteiger partial charge in [-0.2, -0.15) is 0 Å². The summed E-state index contributed by atoms with van der Waals surface area (Å²) in [7, 11) is 4.24. The van der Waals surface area contributed by atoms with Gasteiger partial charge >= 0.3 is 0 Å². The Bertz CT molecular complexity index is 781. The van der Waals surface area contributed by atoms with Crippen LogP contribution in [0.15, 0.2) is 46.4 Å². The highest BCUT2D eigenvalue weighted by Crippen LogP contribution is 2.38. The fourth-order valence-corrected chi connectivity index (χ4v) is 4.32. The van der Waals surface area contributed by atoms with Gasteiger partial charge in [-0.25, -0.2) is 0 Å². The van der Waals surface area contributed by atoms with E-state index in [9.17, 15) is 0 Å². The van der Waals surface area contributed by atoms with Gasteiger partial charge in [0.1, 0.15) is 0 Å². The molecular weight excluding hydrogens is 360 g/mol. The third-order valence-corrected chi connectivity index (χ3v) is 6.11. The van der Waals surface area contributed by atoms with Crippen molar-refractivity contribution < 1.29 is 4.42 Å². The highest BCUT2D eigenvalue weighted by molar-refractivity contribution is 5.51. The van der Waals surface area contributed by atoms with Crippen molar-refractivity contribution in [3.63, 3.8) is 0 Å². The summed E-state index contributed by atoms with van der Waals surface area (Å²) in [5.41, 5.74) is 2.44. The van der Waals surface area contributed by atoms with Crippen LogP contribution in [0.5, 0.6) is 0 Å². The van der Waals surface area contributed by atoms with E-state index in [1.807, 2.05) is 30.3 Å². The van der Waals surface area contributed by atoms with Crippen molar-refractivity contribution in [2.45, 2.75) is 33.6 Å². The number of nitrogens with zero attached hydrogens (tertiary/aromatic N) is 3. The number of nitrogens with one attached hydrogen (secondary N) is 1. The van der Waals surface area contributed by atoms with Crippen LogP contribution in [0.3, 0.4) is 0 Å². The summed E-state index contributed by atoms with van der Waals surface area (Å²) >= 11 is 0. The van der Waals surface area contributed by atoms with Crippen molar-refractivity contribution in [2.24, 2.45) is 23.7 Å². The first-order chi connectivity index (χ1) is 13.9. The maximum atomic E-state index is 5.98. The number of likely N-dealkylation sites (N-methyl/N-ethyl adjacent to an activating group) is 1. The van der Waals surface area contributed by atoms with Crippen LogP contribution in [-0.4, -0.2) is 48.8 Å². The maximum absolute atomic E-state index is 5.98. The molecule has 5 nitrogen and oxygen atoms in total. The van der Waals surface area contributed by atoms with Gasteiger partial charge in [0.2, 0.25) is 11.8 Å². The summed E-state index contributed by atoms with van der Waals surface area (Å²) in [6.45, 7) is 10.1. The topological polar surface area (TPSA) is 54.2 Å². The Hall–Kier alpha value is -1.98. The van der Waals surface area contributed by atoms with Gasteiger partial charge in [0, 0.05) is 31.6 Å². The molecule has 29 heavy (non-hydrogen) atoms. The molecule has 0 saturated carbocycles. The van der Waals surface area contributed by atoms with Gasteiger partial charge in [-0.3, -0.25) is 0 Å². The highest BCUT2D eigenvalue weighted by Gasteiger charge is 2.32. The van der Waals surface area contributed by atoms with Crippen LogP contribution in [0.4, 0.5) is 0 Å². The smallest absolute Gasteiger partial charge is 0.247 e. The van der Waals surface area contributed by atoms with E-state index in [1.165, 1.54) is 12.0 Å². The molecule has 2 aromatic rings. The zero-order valence-corrected chi connectivity index (χ0v) is 18.6. The lowest BCUT2D eigenvalue weighted by Gasteiger charge is -2.37. The molecule has 1 aliphatic carbocycles. The molecule has 0 amide bonds. The second-order valence-electron chi connectivity index (χ2n) is 8.99. The number of allylic oxidation sites excluding steroid dienone is 1. The third kappa shape index (κ3) is 6.00. The van der Waals surface area contributed by atoms with Gasteiger partial charge in [-0.15, -0.1) is 10.2 Å². The molecule has 1 N–H and O–H groups in total. The van der Waals surface area contributed by atoms with Gasteiger partial charge in [0.05, 0.1) is 0 Å². The first-order valence-corrected chi connectivity index (χ1v) is 10.9. The van der Waals surface area contributed by atoms with Crippen LogP contribution >= 0.6 is 0 Å². The molecule has 1 aromatic carbocycles. The molecule has 1 aliphatic rings. The second-order valence-corrected chi connectivity index (χ2v) is 8.99. The minimum Gasteiger partial charge on any atom is -0.421 e. The molecule has 3 rings (SSSR count). The number of benzene rings is 1. The molecule has 3 atom stereocenters. The maximum Gasteiger partial charge on any atom is 0.247 e. The summed E-state index contributed by atoms with van der Waals surface area (Å²) in [5, 5.41) is 12.2. The first-order valence-electron chi connectivity index (χ1n) is 10.9. The molecule has 0 radical (unpaired) electrons. The molecule has 0 spiro atoms. The summed E-state index contributed by atoms with van der Waals surface area (Å²) in [6.07, 6.45) is 4.51. The van der Waals surface area contributed by atoms with Crippen LogP contribution in [-0.2, 0) is 6.42 Å². The zero-order chi connectivity index (χ0) is 20.8. The summed E-state index contributed by atoms with van der Waals surface area (Å²) < 4.78 is 5.98. The highest BCUT2D eigenvalue weighted by atomic mass is 16.4. The number of hydrogen-bond donors (Lipinski definition) is 1. The average molecular weight is 397 g/mol. The SMILES string of the molecule is CC1=C[C@@H](CNCCN(C)C)[C@H](C(C)C)C[C@H]1Cc1nnc(-c2ccccc2)o1. The van der Waals surface area contributed by atoms with Crippen molar-refractivity contribution in [1.82, 2.24) is 20.4 Å². The minimum atomic E-state index is 0.476. The van der Waals surface area contributed by atoms with E-state index < -0.39 is 0 Å². The average Bonchev–Trinajstić information content (AvgIpc) is 3.16. The molecule has 0 bridgehead atoms. The number of rotatable bonds is 9.